The van der Waals surface area contributed by atoms with Crippen molar-refractivity contribution in [2.24, 2.45) is 4.99 Å². The van der Waals surface area contributed by atoms with Gasteiger partial charge in [-0.05, 0) is 37.5 Å². The molecule has 0 bridgehead atoms. The van der Waals surface area contributed by atoms with Gasteiger partial charge in [0.1, 0.15) is 24.3 Å². The summed E-state index contributed by atoms with van der Waals surface area (Å²) in [7, 11) is 1.78. The van der Waals surface area contributed by atoms with E-state index in [2.05, 4.69) is 47.9 Å². The van der Waals surface area contributed by atoms with Gasteiger partial charge >= 0.3 is 0 Å². The van der Waals surface area contributed by atoms with Crippen LogP contribution >= 0.6 is 24.0 Å². The number of hydrogen-bond acceptors (Lipinski definition) is 5. The minimum atomic E-state index is 0. The molecule has 3 aromatic rings. The van der Waals surface area contributed by atoms with Gasteiger partial charge in [-0.15, -0.1) is 24.0 Å². The molecular weight excluding hydrogens is 469 g/mol. The molecule has 1 aliphatic heterocycles. The quantitative estimate of drug-likeness (QED) is 0.328. The highest BCUT2D eigenvalue weighted by atomic mass is 127. The van der Waals surface area contributed by atoms with E-state index in [1.807, 2.05) is 23.7 Å². The zero-order chi connectivity index (χ0) is 18.6. The standard InChI is InChI=1S/C18H23N9.HI/c1-13-23-17-16(7-4-8-26(17)25-13)24-18(19-2)21-10-14-5-3-6-15(9-14)27-12-20-11-22-27;/h3,5-6,9,11-12,16H,4,7-8,10H2,1-2H3,(H2,19,21,24);1H. The minimum Gasteiger partial charge on any atom is -0.352 e. The Morgan fingerprint density at radius 2 is 2.25 bits per heavy atom. The normalized spacial score (nSPS) is 16.2. The van der Waals surface area contributed by atoms with E-state index in [0.29, 0.717) is 6.54 Å². The Morgan fingerprint density at radius 3 is 3.04 bits per heavy atom. The Labute approximate surface area is 180 Å². The average Bonchev–Trinajstić information content (AvgIpc) is 3.34. The summed E-state index contributed by atoms with van der Waals surface area (Å²) in [6.45, 7) is 3.51. The summed E-state index contributed by atoms with van der Waals surface area (Å²) in [4.78, 5) is 12.9. The van der Waals surface area contributed by atoms with Crippen LogP contribution in [-0.4, -0.2) is 42.5 Å². The maximum Gasteiger partial charge on any atom is 0.191 e. The van der Waals surface area contributed by atoms with E-state index in [1.165, 1.54) is 6.33 Å². The van der Waals surface area contributed by atoms with Crippen molar-refractivity contribution in [1.82, 2.24) is 40.2 Å². The zero-order valence-corrected chi connectivity index (χ0v) is 18.2. The molecule has 148 valence electrons. The molecule has 10 heteroatoms. The van der Waals surface area contributed by atoms with E-state index in [4.69, 9.17) is 0 Å². The molecule has 0 radical (unpaired) electrons. The van der Waals surface area contributed by atoms with Crippen LogP contribution < -0.4 is 10.6 Å². The fraction of sp³-hybridized carbons (Fsp3) is 0.389. The van der Waals surface area contributed by atoms with Gasteiger partial charge in [0.15, 0.2) is 5.96 Å². The second-order valence-corrected chi connectivity index (χ2v) is 6.52. The van der Waals surface area contributed by atoms with E-state index in [-0.39, 0.29) is 30.0 Å². The number of aliphatic imine (C=N–C) groups is 1. The molecule has 1 aromatic carbocycles. The largest absolute Gasteiger partial charge is 0.352 e. The van der Waals surface area contributed by atoms with E-state index < -0.39 is 0 Å². The van der Waals surface area contributed by atoms with Crippen LogP contribution in [0.15, 0.2) is 41.9 Å². The van der Waals surface area contributed by atoms with E-state index in [9.17, 15) is 0 Å². The summed E-state index contributed by atoms with van der Waals surface area (Å²) >= 11 is 0. The van der Waals surface area contributed by atoms with Crippen LogP contribution in [0.2, 0.25) is 0 Å². The Hall–Kier alpha value is -2.50. The highest BCUT2D eigenvalue weighted by molar-refractivity contribution is 14.0. The van der Waals surface area contributed by atoms with Gasteiger partial charge in [0.2, 0.25) is 0 Å². The van der Waals surface area contributed by atoms with Gasteiger partial charge in [-0.3, -0.25) is 4.99 Å². The number of nitrogens with zero attached hydrogens (tertiary/aromatic N) is 7. The number of rotatable bonds is 4. The summed E-state index contributed by atoms with van der Waals surface area (Å²) in [5.74, 6) is 2.54. The van der Waals surface area contributed by atoms with Crippen LogP contribution in [-0.2, 0) is 13.1 Å². The lowest BCUT2D eigenvalue weighted by Crippen LogP contribution is -2.41. The first-order valence-electron chi connectivity index (χ1n) is 9.05. The Kier molecular flexibility index (Phi) is 6.60. The van der Waals surface area contributed by atoms with Crippen molar-refractivity contribution < 1.29 is 0 Å². The van der Waals surface area contributed by atoms with Crippen LogP contribution in [0, 0.1) is 6.92 Å². The molecule has 9 nitrogen and oxygen atoms in total. The van der Waals surface area contributed by atoms with Gasteiger partial charge in [-0.25, -0.2) is 19.3 Å². The maximum absolute atomic E-state index is 4.57. The molecular formula is C18H24IN9. The van der Waals surface area contributed by atoms with Crippen molar-refractivity contribution >= 4 is 29.9 Å². The summed E-state index contributed by atoms with van der Waals surface area (Å²) in [5.41, 5.74) is 2.11. The number of fused-ring (bicyclic) bond motifs is 1. The SMILES string of the molecule is CN=C(NCc1cccc(-n2cncn2)c1)NC1CCCn2nc(C)nc21.I. The average molecular weight is 493 g/mol. The number of guanidine groups is 1. The number of hydrogen-bond donors (Lipinski definition) is 2. The van der Waals surface area contributed by atoms with Crippen LogP contribution in [0.4, 0.5) is 0 Å². The Morgan fingerprint density at radius 1 is 1.36 bits per heavy atom. The molecule has 0 aliphatic carbocycles. The number of benzene rings is 1. The van der Waals surface area contributed by atoms with Gasteiger partial charge in [-0.1, -0.05) is 12.1 Å². The van der Waals surface area contributed by atoms with Crippen molar-refractivity contribution in [3.05, 3.63) is 54.1 Å². The maximum atomic E-state index is 4.57. The van der Waals surface area contributed by atoms with Crippen molar-refractivity contribution in [1.29, 1.82) is 0 Å². The summed E-state index contributed by atoms with van der Waals surface area (Å²) < 4.78 is 3.74. The van der Waals surface area contributed by atoms with Gasteiger partial charge in [-0.2, -0.15) is 10.2 Å². The smallest absolute Gasteiger partial charge is 0.191 e. The predicted molar refractivity (Wildman–Crippen MR) is 117 cm³/mol. The molecule has 0 amide bonds. The lowest BCUT2D eigenvalue weighted by atomic mass is 10.1. The third kappa shape index (κ3) is 4.49. The topological polar surface area (TPSA) is 97.8 Å². The molecule has 1 atom stereocenters. The predicted octanol–water partition coefficient (Wildman–Crippen LogP) is 1.99. The number of aromatic nitrogens is 6. The first-order chi connectivity index (χ1) is 13.2. The highest BCUT2D eigenvalue weighted by Gasteiger charge is 2.24. The third-order valence-corrected chi connectivity index (χ3v) is 4.57. The molecule has 28 heavy (non-hydrogen) atoms. The molecule has 0 saturated carbocycles. The molecule has 1 aliphatic rings. The molecule has 0 spiro atoms. The highest BCUT2D eigenvalue weighted by Crippen LogP contribution is 2.22. The van der Waals surface area contributed by atoms with Crippen LogP contribution in [0.3, 0.4) is 0 Å². The molecule has 0 fully saturated rings. The third-order valence-electron chi connectivity index (χ3n) is 4.57. The van der Waals surface area contributed by atoms with Crippen LogP contribution in [0.1, 0.15) is 36.1 Å². The summed E-state index contributed by atoms with van der Waals surface area (Å²) in [6, 6.07) is 8.28. The lowest BCUT2D eigenvalue weighted by molar-refractivity contribution is 0.397. The van der Waals surface area contributed by atoms with Gasteiger partial charge in [0.25, 0.3) is 0 Å². The zero-order valence-electron chi connectivity index (χ0n) is 15.9. The second-order valence-electron chi connectivity index (χ2n) is 6.52. The Bertz CT molecular complexity index is 932. The number of aryl methyl sites for hydroxylation is 2. The Balaban J connectivity index is 0.00000225. The fourth-order valence-corrected chi connectivity index (χ4v) is 3.30. The van der Waals surface area contributed by atoms with Crippen LogP contribution in [0.25, 0.3) is 5.69 Å². The van der Waals surface area contributed by atoms with Crippen LogP contribution in [0.5, 0.6) is 0 Å². The molecule has 0 saturated heterocycles. The first kappa shape index (κ1) is 20.2. The molecule has 3 heterocycles. The van der Waals surface area contributed by atoms with Crippen molar-refractivity contribution in [2.45, 2.75) is 38.9 Å². The van der Waals surface area contributed by atoms with Crippen molar-refractivity contribution in [3.8, 4) is 5.69 Å². The minimum absolute atomic E-state index is 0. The van der Waals surface area contributed by atoms with E-state index >= 15 is 0 Å². The van der Waals surface area contributed by atoms with Gasteiger partial charge < -0.3 is 10.6 Å². The van der Waals surface area contributed by atoms with E-state index in [1.54, 1.807) is 18.1 Å². The number of nitrogens with one attached hydrogen (secondary N) is 2. The molecule has 1 unspecified atom stereocenters. The first-order valence-corrected chi connectivity index (χ1v) is 9.05. The molecule has 4 rings (SSSR count). The lowest BCUT2D eigenvalue weighted by Gasteiger charge is -2.25. The fourth-order valence-electron chi connectivity index (χ4n) is 3.30. The number of halogens is 1. The monoisotopic (exact) mass is 493 g/mol. The van der Waals surface area contributed by atoms with E-state index in [0.717, 1.165) is 48.2 Å². The summed E-state index contributed by atoms with van der Waals surface area (Å²) in [5, 5.41) is 15.5. The summed E-state index contributed by atoms with van der Waals surface area (Å²) in [6.07, 6.45) is 5.31. The van der Waals surface area contributed by atoms with Gasteiger partial charge in [0, 0.05) is 20.1 Å². The molecule has 2 N–H and O–H groups in total. The van der Waals surface area contributed by atoms with Gasteiger partial charge in [0.05, 0.1) is 11.7 Å². The second kappa shape index (κ2) is 9.13. The van der Waals surface area contributed by atoms with Crippen molar-refractivity contribution in [2.75, 3.05) is 7.05 Å². The van der Waals surface area contributed by atoms with Crippen molar-refractivity contribution in [3.63, 3.8) is 0 Å². The molecule has 2 aromatic heterocycles.